The van der Waals surface area contributed by atoms with Crippen LogP contribution in [0.2, 0.25) is 0 Å². The molecule has 0 bridgehead atoms. The first kappa shape index (κ1) is 18.6. The molecule has 1 aliphatic carbocycles. The van der Waals surface area contributed by atoms with Crippen molar-refractivity contribution in [3.63, 3.8) is 0 Å². The van der Waals surface area contributed by atoms with Gasteiger partial charge in [-0.2, -0.15) is 0 Å². The lowest BCUT2D eigenvalue weighted by Gasteiger charge is -2.48. The number of nitrogens with zero attached hydrogens (tertiary/aromatic N) is 2. The Kier molecular flexibility index (Phi) is 6.34. The van der Waals surface area contributed by atoms with Crippen LogP contribution in [0.15, 0.2) is 0 Å². The van der Waals surface area contributed by atoms with Gasteiger partial charge in [-0.3, -0.25) is 14.5 Å². The van der Waals surface area contributed by atoms with Gasteiger partial charge in [0, 0.05) is 51.1 Å². The quantitative estimate of drug-likeness (QED) is 0.832. The van der Waals surface area contributed by atoms with Crippen molar-refractivity contribution in [3.8, 4) is 0 Å². The molecule has 6 nitrogen and oxygen atoms in total. The van der Waals surface area contributed by atoms with Gasteiger partial charge in [-0.25, -0.2) is 0 Å². The Morgan fingerprint density at radius 2 is 1.68 bits per heavy atom. The van der Waals surface area contributed by atoms with Crippen LogP contribution in [0.4, 0.5) is 0 Å². The minimum atomic E-state index is 0.0564. The average molecular weight is 351 g/mol. The van der Waals surface area contributed by atoms with Crippen molar-refractivity contribution in [1.29, 1.82) is 0 Å². The predicted molar refractivity (Wildman–Crippen MR) is 96.2 cm³/mol. The summed E-state index contributed by atoms with van der Waals surface area (Å²) in [6, 6.07) is 0. The average Bonchev–Trinajstić information content (AvgIpc) is 2.67. The number of hydrogen-bond acceptors (Lipinski definition) is 4. The molecule has 0 aromatic rings. The highest BCUT2D eigenvalue weighted by atomic mass is 16.5. The van der Waals surface area contributed by atoms with E-state index in [1.54, 1.807) is 6.92 Å². The van der Waals surface area contributed by atoms with Crippen LogP contribution in [0.5, 0.6) is 0 Å². The number of ether oxygens (including phenoxy) is 1. The van der Waals surface area contributed by atoms with Crippen LogP contribution in [-0.2, 0) is 14.3 Å². The molecule has 0 spiro atoms. The van der Waals surface area contributed by atoms with Gasteiger partial charge in [0.05, 0.1) is 13.2 Å². The first-order valence-corrected chi connectivity index (χ1v) is 9.97. The minimum Gasteiger partial charge on any atom is -0.379 e. The summed E-state index contributed by atoms with van der Waals surface area (Å²) in [7, 11) is 0. The molecule has 1 saturated carbocycles. The lowest BCUT2D eigenvalue weighted by molar-refractivity contribution is -0.134. The van der Waals surface area contributed by atoms with E-state index in [0.29, 0.717) is 13.1 Å². The molecule has 1 N–H and O–H groups in total. The zero-order valence-corrected chi connectivity index (χ0v) is 15.6. The first-order valence-electron chi connectivity index (χ1n) is 9.97. The topological polar surface area (TPSA) is 61.9 Å². The monoisotopic (exact) mass is 351 g/mol. The van der Waals surface area contributed by atoms with Crippen molar-refractivity contribution in [3.05, 3.63) is 0 Å². The Hall–Kier alpha value is -1.14. The number of morpholine rings is 1. The molecule has 2 heterocycles. The highest BCUT2D eigenvalue weighted by Crippen LogP contribution is 2.34. The Morgan fingerprint density at radius 3 is 2.28 bits per heavy atom. The van der Waals surface area contributed by atoms with Crippen LogP contribution >= 0.6 is 0 Å². The molecule has 0 unspecified atom stereocenters. The van der Waals surface area contributed by atoms with Gasteiger partial charge in [0.1, 0.15) is 0 Å². The van der Waals surface area contributed by atoms with E-state index in [2.05, 4.69) is 10.2 Å². The summed E-state index contributed by atoms with van der Waals surface area (Å²) in [5, 5.41) is 3.28. The molecule has 25 heavy (non-hydrogen) atoms. The van der Waals surface area contributed by atoms with Gasteiger partial charge in [0.15, 0.2) is 0 Å². The van der Waals surface area contributed by atoms with Gasteiger partial charge in [0.2, 0.25) is 11.8 Å². The molecule has 6 heteroatoms. The zero-order chi connectivity index (χ0) is 17.7. The van der Waals surface area contributed by atoms with E-state index in [4.69, 9.17) is 4.74 Å². The Balaban J connectivity index is 1.54. The van der Waals surface area contributed by atoms with Gasteiger partial charge in [-0.15, -0.1) is 0 Å². The molecule has 3 fully saturated rings. The van der Waals surface area contributed by atoms with E-state index in [9.17, 15) is 9.59 Å². The third kappa shape index (κ3) is 4.53. The summed E-state index contributed by atoms with van der Waals surface area (Å²) >= 11 is 0. The third-order valence-corrected chi connectivity index (χ3v) is 6.37. The summed E-state index contributed by atoms with van der Waals surface area (Å²) in [4.78, 5) is 28.5. The SMILES string of the molecule is CC(=O)N1CCC(C(=O)NCC2(N3CCOCC3)CCCCC2)CC1. The van der Waals surface area contributed by atoms with E-state index in [1.807, 2.05) is 4.90 Å². The fourth-order valence-electron chi connectivity index (χ4n) is 4.70. The molecule has 0 radical (unpaired) electrons. The number of rotatable bonds is 4. The van der Waals surface area contributed by atoms with Gasteiger partial charge in [-0.05, 0) is 25.7 Å². The Labute approximate surface area is 151 Å². The molecule has 3 aliphatic rings. The van der Waals surface area contributed by atoms with Crippen molar-refractivity contribution >= 4 is 11.8 Å². The minimum absolute atomic E-state index is 0.0564. The van der Waals surface area contributed by atoms with E-state index in [1.165, 1.54) is 32.1 Å². The predicted octanol–water partition coefficient (Wildman–Crippen LogP) is 1.40. The van der Waals surface area contributed by atoms with Gasteiger partial charge in [-0.1, -0.05) is 19.3 Å². The van der Waals surface area contributed by atoms with Crippen LogP contribution in [-0.4, -0.2) is 73.1 Å². The zero-order valence-electron chi connectivity index (χ0n) is 15.6. The summed E-state index contributed by atoms with van der Waals surface area (Å²) in [5.41, 5.74) is 0.123. The Morgan fingerprint density at radius 1 is 1.04 bits per heavy atom. The van der Waals surface area contributed by atoms with Crippen molar-refractivity contribution in [2.24, 2.45) is 5.92 Å². The second-order valence-electron chi connectivity index (χ2n) is 7.88. The number of piperidine rings is 1. The summed E-state index contributed by atoms with van der Waals surface area (Å²) < 4.78 is 5.52. The van der Waals surface area contributed by atoms with Crippen LogP contribution in [0.25, 0.3) is 0 Å². The first-order chi connectivity index (χ1) is 12.1. The maximum absolute atomic E-state index is 12.7. The van der Waals surface area contributed by atoms with Crippen molar-refractivity contribution < 1.29 is 14.3 Å². The van der Waals surface area contributed by atoms with E-state index in [-0.39, 0.29) is 23.3 Å². The Bertz CT molecular complexity index is 463. The molecule has 2 aliphatic heterocycles. The molecular formula is C19H33N3O3. The standard InChI is InChI=1S/C19H33N3O3/c1-16(23)21-9-5-17(6-10-21)18(24)20-15-19(7-3-2-4-8-19)22-11-13-25-14-12-22/h17H,2-15H2,1H3,(H,20,24). The molecule has 3 rings (SSSR count). The summed E-state index contributed by atoms with van der Waals surface area (Å²) in [6.07, 6.45) is 7.75. The molecule has 142 valence electrons. The second kappa shape index (κ2) is 8.49. The number of hydrogen-bond donors (Lipinski definition) is 1. The van der Waals surface area contributed by atoms with Crippen LogP contribution in [0, 0.1) is 5.92 Å². The van der Waals surface area contributed by atoms with E-state index >= 15 is 0 Å². The molecular weight excluding hydrogens is 318 g/mol. The van der Waals surface area contributed by atoms with Crippen LogP contribution in [0.3, 0.4) is 0 Å². The van der Waals surface area contributed by atoms with Gasteiger partial charge >= 0.3 is 0 Å². The molecule has 0 atom stereocenters. The van der Waals surface area contributed by atoms with Crippen LogP contribution in [0.1, 0.15) is 51.9 Å². The number of likely N-dealkylation sites (tertiary alicyclic amines) is 1. The largest absolute Gasteiger partial charge is 0.379 e. The number of carbonyl (C=O) groups is 2. The lowest BCUT2D eigenvalue weighted by Crippen LogP contribution is -2.60. The highest BCUT2D eigenvalue weighted by Gasteiger charge is 2.39. The van der Waals surface area contributed by atoms with E-state index < -0.39 is 0 Å². The molecule has 2 amide bonds. The fourth-order valence-corrected chi connectivity index (χ4v) is 4.70. The fraction of sp³-hybridized carbons (Fsp3) is 0.895. The van der Waals surface area contributed by atoms with E-state index in [0.717, 1.165) is 45.7 Å². The number of amides is 2. The van der Waals surface area contributed by atoms with Gasteiger partial charge in [0.25, 0.3) is 0 Å². The van der Waals surface area contributed by atoms with Crippen molar-refractivity contribution in [2.75, 3.05) is 45.9 Å². The molecule has 0 aromatic carbocycles. The molecule has 2 saturated heterocycles. The molecule has 0 aromatic heterocycles. The highest BCUT2D eigenvalue weighted by molar-refractivity contribution is 5.79. The number of nitrogens with one attached hydrogen (secondary N) is 1. The van der Waals surface area contributed by atoms with Crippen LogP contribution < -0.4 is 5.32 Å². The van der Waals surface area contributed by atoms with Gasteiger partial charge < -0.3 is 15.0 Å². The summed E-state index contributed by atoms with van der Waals surface area (Å²) in [5.74, 6) is 0.356. The smallest absolute Gasteiger partial charge is 0.223 e. The lowest BCUT2D eigenvalue weighted by atomic mass is 9.79. The van der Waals surface area contributed by atoms with Crippen molar-refractivity contribution in [1.82, 2.24) is 15.1 Å². The third-order valence-electron chi connectivity index (χ3n) is 6.37. The summed E-state index contributed by atoms with van der Waals surface area (Å²) in [6.45, 7) is 7.36. The maximum Gasteiger partial charge on any atom is 0.223 e. The maximum atomic E-state index is 12.7. The van der Waals surface area contributed by atoms with Crippen molar-refractivity contribution in [2.45, 2.75) is 57.4 Å². The second-order valence-corrected chi connectivity index (χ2v) is 7.88. The number of carbonyl (C=O) groups excluding carboxylic acids is 2. The normalized spacial score (nSPS) is 25.6.